The van der Waals surface area contributed by atoms with Crippen LogP contribution in [0.5, 0.6) is 0 Å². The van der Waals surface area contributed by atoms with Crippen LogP contribution in [0.4, 0.5) is 0 Å². The maximum atomic E-state index is 4.14. The van der Waals surface area contributed by atoms with E-state index in [0.29, 0.717) is 0 Å². The van der Waals surface area contributed by atoms with Crippen LogP contribution in [0, 0.1) is 0 Å². The molecule has 0 heterocycles. The monoisotopic (exact) mass is 168 g/mol. The van der Waals surface area contributed by atoms with E-state index in [1.807, 2.05) is 6.07 Å². The normalized spacial score (nSPS) is 9.91. The maximum absolute atomic E-state index is 4.14. The van der Waals surface area contributed by atoms with Gasteiger partial charge in [-0.2, -0.15) is 12.6 Å². The molecular formula is C9H14NS+. The molecular weight excluding hydrogens is 154 g/mol. The molecule has 0 amide bonds. The van der Waals surface area contributed by atoms with Crippen LogP contribution in [0.15, 0.2) is 30.3 Å². The lowest BCUT2D eigenvalue weighted by Gasteiger charge is -1.98. The van der Waals surface area contributed by atoms with Gasteiger partial charge in [0.1, 0.15) is 6.54 Å². The molecule has 1 rings (SSSR count). The number of quaternary nitrogens is 1. The first-order chi connectivity index (χ1) is 5.43. The Morgan fingerprint density at radius 3 is 2.55 bits per heavy atom. The van der Waals surface area contributed by atoms with E-state index in [4.69, 9.17) is 0 Å². The van der Waals surface area contributed by atoms with Crippen LogP contribution in [-0.4, -0.2) is 12.3 Å². The summed E-state index contributed by atoms with van der Waals surface area (Å²) < 4.78 is 0. The molecule has 0 aliphatic carbocycles. The molecule has 1 aromatic rings. The maximum Gasteiger partial charge on any atom is 0.101 e. The molecule has 0 radical (unpaired) electrons. The van der Waals surface area contributed by atoms with E-state index in [-0.39, 0.29) is 0 Å². The van der Waals surface area contributed by atoms with Gasteiger partial charge in [0, 0.05) is 11.3 Å². The highest BCUT2D eigenvalue weighted by Crippen LogP contribution is 1.93. The largest absolute Gasteiger partial charge is 0.342 e. The van der Waals surface area contributed by atoms with Gasteiger partial charge >= 0.3 is 0 Å². The highest BCUT2D eigenvalue weighted by Gasteiger charge is 1.90. The van der Waals surface area contributed by atoms with Gasteiger partial charge in [0.25, 0.3) is 0 Å². The molecule has 0 unspecified atom stereocenters. The molecule has 0 spiro atoms. The van der Waals surface area contributed by atoms with Gasteiger partial charge in [-0.15, -0.1) is 0 Å². The zero-order valence-corrected chi connectivity index (χ0v) is 7.43. The van der Waals surface area contributed by atoms with Crippen molar-refractivity contribution >= 4 is 12.6 Å². The van der Waals surface area contributed by atoms with Gasteiger partial charge in [0.2, 0.25) is 0 Å². The van der Waals surface area contributed by atoms with E-state index < -0.39 is 0 Å². The third-order valence-corrected chi connectivity index (χ3v) is 1.81. The molecule has 0 saturated heterocycles. The summed E-state index contributed by atoms with van der Waals surface area (Å²) in [6, 6.07) is 10.5. The summed E-state index contributed by atoms with van der Waals surface area (Å²) >= 11 is 4.14. The fourth-order valence-corrected chi connectivity index (χ4v) is 1.16. The van der Waals surface area contributed by atoms with E-state index in [1.54, 1.807) is 0 Å². The fourth-order valence-electron chi connectivity index (χ4n) is 0.974. The molecule has 0 saturated carbocycles. The van der Waals surface area contributed by atoms with E-state index in [9.17, 15) is 0 Å². The summed E-state index contributed by atoms with van der Waals surface area (Å²) in [6.07, 6.45) is 0. The van der Waals surface area contributed by atoms with Crippen LogP contribution in [-0.2, 0) is 6.54 Å². The van der Waals surface area contributed by atoms with Crippen LogP contribution < -0.4 is 5.32 Å². The van der Waals surface area contributed by atoms with Gasteiger partial charge in [0.15, 0.2) is 0 Å². The first kappa shape index (κ1) is 8.62. The minimum atomic E-state index is 0.951. The lowest BCUT2D eigenvalue weighted by atomic mass is 10.2. The summed E-state index contributed by atoms with van der Waals surface area (Å²) in [5.74, 6) is 0.951. The smallest absolute Gasteiger partial charge is 0.101 e. The predicted molar refractivity (Wildman–Crippen MR) is 50.8 cm³/mol. The SMILES string of the molecule is SCC[NH2+]Cc1ccccc1. The van der Waals surface area contributed by atoms with Gasteiger partial charge in [-0.1, -0.05) is 30.3 Å². The Bertz CT molecular complexity index is 186. The lowest BCUT2D eigenvalue weighted by molar-refractivity contribution is -0.666. The molecule has 0 fully saturated rings. The minimum absolute atomic E-state index is 0.951. The summed E-state index contributed by atoms with van der Waals surface area (Å²) in [6.45, 7) is 2.17. The number of hydrogen-bond donors (Lipinski definition) is 2. The third-order valence-electron chi connectivity index (χ3n) is 1.56. The molecule has 0 atom stereocenters. The van der Waals surface area contributed by atoms with Crippen LogP contribution in [0.25, 0.3) is 0 Å². The zero-order valence-electron chi connectivity index (χ0n) is 6.53. The summed E-state index contributed by atoms with van der Waals surface area (Å²) in [5.41, 5.74) is 1.38. The minimum Gasteiger partial charge on any atom is -0.342 e. The highest BCUT2D eigenvalue weighted by atomic mass is 32.1. The molecule has 2 heteroatoms. The Morgan fingerprint density at radius 2 is 1.91 bits per heavy atom. The quantitative estimate of drug-likeness (QED) is 0.486. The lowest BCUT2D eigenvalue weighted by Crippen LogP contribution is -2.83. The van der Waals surface area contributed by atoms with Crippen LogP contribution in [0.3, 0.4) is 0 Å². The number of nitrogens with two attached hydrogens (primary N) is 1. The summed E-state index contributed by atoms with van der Waals surface area (Å²) in [7, 11) is 0. The van der Waals surface area contributed by atoms with Crippen molar-refractivity contribution in [2.75, 3.05) is 12.3 Å². The summed E-state index contributed by atoms with van der Waals surface area (Å²) in [5, 5.41) is 2.27. The predicted octanol–water partition coefficient (Wildman–Crippen LogP) is 0.680. The average Bonchev–Trinajstić information content (AvgIpc) is 2.07. The Kier molecular flexibility index (Phi) is 4.09. The highest BCUT2D eigenvalue weighted by molar-refractivity contribution is 7.80. The second-order valence-electron chi connectivity index (χ2n) is 2.49. The second kappa shape index (κ2) is 5.22. The Balaban J connectivity index is 2.28. The average molecular weight is 168 g/mol. The number of rotatable bonds is 4. The van der Waals surface area contributed by atoms with Crippen LogP contribution in [0.2, 0.25) is 0 Å². The van der Waals surface area contributed by atoms with Gasteiger partial charge in [-0.3, -0.25) is 0 Å². The number of hydrogen-bond acceptors (Lipinski definition) is 1. The van der Waals surface area contributed by atoms with Gasteiger partial charge in [-0.05, 0) is 0 Å². The molecule has 1 aromatic carbocycles. The van der Waals surface area contributed by atoms with E-state index in [1.165, 1.54) is 5.56 Å². The molecule has 0 bridgehead atoms. The van der Waals surface area contributed by atoms with Crippen molar-refractivity contribution in [2.24, 2.45) is 0 Å². The van der Waals surface area contributed by atoms with Crippen molar-refractivity contribution in [2.45, 2.75) is 6.54 Å². The zero-order chi connectivity index (χ0) is 7.94. The molecule has 0 aromatic heterocycles. The molecule has 1 nitrogen and oxygen atoms in total. The molecule has 0 aliphatic heterocycles. The van der Waals surface area contributed by atoms with Crippen LogP contribution in [0.1, 0.15) is 5.56 Å². The topological polar surface area (TPSA) is 16.6 Å². The fraction of sp³-hybridized carbons (Fsp3) is 0.333. The van der Waals surface area contributed by atoms with Crippen molar-refractivity contribution in [3.05, 3.63) is 35.9 Å². The molecule has 0 aliphatic rings. The first-order valence-corrected chi connectivity index (χ1v) is 4.53. The molecule has 2 N–H and O–H groups in total. The van der Waals surface area contributed by atoms with Crippen LogP contribution >= 0.6 is 12.6 Å². The Hall–Kier alpha value is -0.470. The summed E-state index contributed by atoms with van der Waals surface area (Å²) in [4.78, 5) is 0. The Labute approximate surface area is 73.2 Å². The third kappa shape index (κ3) is 3.44. The van der Waals surface area contributed by atoms with E-state index >= 15 is 0 Å². The van der Waals surface area contributed by atoms with Gasteiger partial charge in [0.05, 0.1) is 6.54 Å². The second-order valence-corrected chi connectivity index (χ2v) is 2.94. The van der Waals surface area contributed by atoms with E-state index in [0.717, 1.165) is 18.8 Å². The van der Waals surface area contributed by atoms with E-state index in [2.05, 4.69) is 42.2 Å². The van der Waals surface area contributed by atoms with Gasteiger partial charge in [-0.25, -0.2) is 0 Å². The first-order valence-electron chi connectivity index (χ1n) is 3.90. The van der Waals surface area contributed by atoms with Gasteiger partial charge < -0.3 is 5.32 Å². The Morgan fingerprint density at radius 1 is 1.18 bits per heavy atom. The van der Waals surface area contributed by atoms with Crippen molar-refractivity contribution in [1.82, 2.24) is 0 Å². The van der Waals surface area contributed by atoms with Crippen molar-refractivity contribution < 1.29 is 5.32 Å². The van der Waals surface area contributed by atoms with Crippen molar-refractivity contribution in [3.8, 4) is 0 Å². The molecule has 60 valence electrons. The standard InChI is InChI=1S/C9H13NS/c11-7-6-10-8-9-4-2-1-3-5-9/h1-5,10-11H,6-8H2/p+1. The number of benzene rings is 1. The van der Waals surface area contributed by atoms with Crippen molar-refractivity contribution in [1.29, 1.82) is 0 Å². The molecule has 11 heavy (non-hydrogen) atoms. The number of thiol groups is 1. The van der Waals surface area contributed by atoms with Crippen molar-refractivity contribution in [3.63, 3.8) is 0 Å².